The summed E-state index contributed by atoms with van der Waals surface area (Å²) in [6.07, 6.45) is 5.28. The van der Waals surface area contributed by atoms with Crippen LogP contribution in [0.5, 0.6) is 0 Å². The highest BCUT2D eigenvalue weighted by molar-refractivity contribution is 5.86. The molecule has 0 aromatic rings. The molecule has 4 heteroatoms. The first-order valence-electron chi connectivity index (χ1n) is 6.15. The Morgan fingerprint density at radius 2 is 1.53 bits per heavy atom. The van der Waals surface area contributed by atoms with Gasteiger partial charge in [0.15, 0.2) is 0 Å². The van der Waals surface area contributed by atoms with Crippen molar-refractivity contribution >= 4 is 5.91 Å². The maximum absolute atomic E-state index is 11.6. The molecule has 0 N–H and O–H groups in total. The topological polar surface area (TPSA) is 38.8 Å². The van der Waals surface area contributed by atoms with Crippen LogP contribution in [0.2, 0.25) is 0 Å². The first-order chi connectivity index (χ1) is 8.26. The lowest BCUT2D eigenvalue weighted by Gasteiger charge is -2.21. The molecule has 0 spiro atoms. The first kappa shape index (κ1) is 16.1. The quantitative estimate of drug-likeness (QED) is 0.410. The second kappa shape index (κ2) is 11.6. The SMILES string of the molecule is C=CC(=O)N(CCCCOC)CCCCOC. The molecule has 0 aliphatic heterocycles. The van der Waals surface area contributed by atoms with Gasteiger partial charge in [-0.3, -0.25) is 4.79 Å². The molecule has 0 aliphatic carbocycles. The van der Waals surface area contributed by atoms with Gasteiger partial charge in [0.1, 0.15) is 0 Å². The maximum atomic E-state index is 11.6. The normalized spacial score (nSPS) is 10.2. The van der Waals surface area contributed by atoms with Crippen molar-refractivity contribution in [2.75, 3.05) is 40.5 Å². The second-order valence-electron chi connectivity index (χ2n) is 3.93. The first-order valence-corrected chi connectivity index (χ1v) is 6.15. The minimum atomic E-state index is 0.0137. The average Bonchev–Trinajstić information content (AvgIpc) is 2.36. The molecular weight excluding hydrogens is 218 g/mol. The molecule has 0 saturated heterocycles. The van der Waals surface area contributed by atoms with Gasteiger partial charge >= 0.3 is 0 Å². The third-order valence-electron chi connectivity index (χ3n) is 2.54. The molecule has 100 valence electrons. The van der Waals surface area contributed by atoms with Crippen molar-refractivity contribution < 1.29 is 14.3 Å². The van der Waals surface area contributed by atoms with E-state index in [1.54, 1.807) is 14.2 Å². The summed E-state index contributed by atoms with van der Waals surface area (Å²) < 4.78 is 9.97. The monoisotopic (exact) mass is 243 g/mol. The van der Waals surface area contributed by atoms with Gasteiger partial charge in [-0.2, -0.15) is 0 Å². The maximum Gasteiger partial charge on any atom is 0.245 e. The average molecular weight is 243 g/mol. The molecule has 0 unspecified atom stereocenters. The number of ether oxygens (including phenoxy) is 2. The number of amides is 1. The fourth-order valence-electron chi connectivity index (χ4n) is 1.56. The van der Waals surface area contributed by atoms with Gasteiger partial charge in [-0.1, -0.05) is 6.58 Å². The second-order valence-corrected chi connectivity index (χ2v) is 3.93. The molecule has 17 heavy (non-hydrogen) atoms. The summed E-state index contributed by atoms with van der Waals surface area (Å²) in [7, 11) is 3.38. The summed E-state index contributed by atoms with van der Waals surface area (Å²) in [5.74, 6) is 0.0137. The van der Waals surface area contributed by atoms with E-state index >= 15 is 0 Å². The van der Waals surface area contributed by atoms with Gasteiger partial charge in [0.2, 0.25) is 5.91 Å². The Kier molecular flexibility index (Phi) is 11.0. The molecule has 0 radical (unpaired) electrons. The molecule has 0 aromatic carbocycles. The number of hydrogen-bond acceptors (Lipinski definition) is 3. The number of methoxy groups -OCH3 is 2. The molecule has 0 atom stereocenters. The van der Waals surface area contributed by atoms with Crippen LogP contribution in [0.25, 0.3) is 0 Å². The molecule has 0 bridgehead atoms. The van der Waals surface area contributed by atoms with E-state index in [2.05, 4.69) is 6.58 Å². The molecule has 0 rings (SSSR count). The van der Waals surface area contributed by atoms with Crippen LogP contribution in [0.15, 0.2) is 12.7 Å². The Hall–Kier alpha value is -0.870. The molecule has 0 saturated carbocycles. The largest absolute Gasteiger partial charge is 0.385 e. The zero-order valence-corrected chi connectivity index (χ0v) is 11.1. The van der Waals surface area contributed by atoms with E-state index in [9.17, 15) is 4.79 Å². The minimum absolute atomic E-state index is 0.0137. The lowest BCUT2D eigenvalue weighted by Crippen LogP contribution is -2.31. The minimum Gasteiger partial charge on any atom is -0.385 e. The van der Waals surface area contributed by atoms with Crippen LogP contribution in [-0.4, -0.2) is 51.3 Å². The lowest BCUT2D eigenvalue weighted by atomic mass is 10.2. The Balaban J connectivity index is 3.80. The number of unbranched alkanes of at least 4 members (excludes halogenated alkanes) is 2. The van der Waals surface area contributed by atoms with E-state index in [0.29, 0.717) is 0 Å². The van der Waals surface area contributed by atoms with Crippen molar-refractivity contribution in [3.8, 4) is 0 Å². The van der Waals surface area contributed by atoms with Crippen molar-refractivity contribution in [1.29, 1.82) is 0 Å². The van der Waals surface area contributed by atoms with Crippen LogP contribution < -0.4 is 0 Å². The standard InChI is InChI=1S/C13H25NO3/c1-4-13(15)14(9-5-7-11-16-2)10-6-8-12-17-3/h4H,1,5-12H2,2-3H3. The zero-order chi connectivity index (χ0) is 12.9. The highest BCUT2D eigenvalue weighted by Gasteiger charge is 2.08. The van der Waals surface area contributed by atoms with Gasteiger partial charge in [0, 0.05) is 40.5 Å². The molecule has 0 aliphatic rings. The zero-order valence-electron chi connectivity index (χ0n) is 11.1. The summed E-state index contributed by atoms with van der Waals surface area (Å²) in [6.45, 7) is 6.59. The number of carbonyl (C=O) groups is 1. The Labute approximate surface area is 105 Å². The van der Waals surface area contributed by atoms with Crippen LogP contribution in [0, 0.1) is 0 Å². The fraction of sp³-hybridized carbons (Fsp3) is 0.769. The van der Waals surface area contributed by atoms with Gasteiger partial charge in [-0.25, -0.2) is 0 Å². The summed E-state index contributed by atoms with van der Waals surface area (Å²) in [5, 5.41) is 0. The van der Waals surface area contributed by atoms with Gasteiger partial charge in [0.05, 0.1) is 0 Å². The van der Waals surface area contributed by atoms with Crippen molar-refractivity contribution in [2.45, 2.75) is 25.7 Å². The summed E-state index contributed by atoms with van der Waals surface area (Å²) in [6, 6.07) is 0. The van der Waals surface area contributed by atoms with Crippen LogP contribution in [0.3, 0.4) is 0 Å². The van der Waals surface area contributed by atoms with E-state index in [1.165, 1.54) is 6.08 Å². The predicted octanol–water partition coefficient (Wildman–Crippen LogP) is 1.85. The molecular formula is C13H25NO3. The van der Waals surface area contributed by atoms with E-state index in [4.69, 9.17) is 9.47 Å². The Bertz CT molecular complexity index is 195. The van der Waals surface area contributed by atoms with Gasteiger partial charge in [-0.05, 0) is 31.8 Å². The Morgan fingerprint density at radius 1 is 1.06 bits per heavy atom. The highest BCUT2D eigenvalue weighted by atomic mass is 16.5. The third kappa shape index (κ3) is 8.89. The van der Waals surface area contributed by atoms with Crippen molar-refractivity contribution in [3.05, 3.63) is 12.7 Å². The third-order valence-corrected chi connectivity index (χ3v) is 2.54. The van der Waals surface area contributed by atoms with Crippen molar-refractivity contribution in [3.63, 3.8) is 0 Å². The molecule has 4 nitrogen and oxygen atoms in total. The van der Waals surface area contributed by atoms with Crippen molar-refractivity contribution in [2.24, 2.45) is 0 Å². The van der Waals surface area contributed by atoms with Crippen LogP contribution in [-0.2, 0) is 14.3 Å². The Morgan fingerprint density at radius 3 is 1.88 bits per heavy atom. The fourth-order valence-corrected chi connectivity index (χ4v) is 1.56. The molecule has 1 amide bonds. The van der Waals surface area contributed by atoms with Crippen LogP contribution in [0.1, 0.15) is 25.7 Å². The van der Waals surface area contributed by atoms with E-state index in [1.807, 2.05) is 4.90 Å². The van der Waals surface area contributed by atoms with E-state index < -0.39 is 0 Å². The van der Waals surface area contributed by atoms with Gasteiger partial charge in [-0.15, -0.1) is 0 Å². The predicted molar refractivity (Wildman–Crippen MR) is 69.0 cm³/mol. The van der Waals surface area contributed by atoms with Crippen LogP contribution in [0.4, 0.5) is 0 Å². The number of carbonyl (C=O) groups excluding carboxylic acids is 1. The molecule has 0 fully saturated rings. The van der Waals surface area contributed by atoms with Crippen LogP contribution >= 0.6 is 0 Å². The number of hydrogen-bond donors (Lipinski definition) is 0. The highest BCUT2D eigenvalue weighted by Crippen LogP contribution is 2.01. The summed E-state index contributed by atoms with van der Waals surface area (Å²) in [5.41, 5.74) is 0. The summed E-state index contributed by atoms with van der Waals surface area (Å²) in [4.78, 5) is 13.4. The van der Waals surface area contributed by atoms with E-state index in [-0.39, 0.29) is 5.91 Å². The number of rotatable bonds is 11. The summed E-state index contributed by atoms with van der Waals surface area (Å²) >= 11 is 0. The van der Waals surface area contributed by atoms with E-state index in [0.717, 1.165) is 52.0 Å². The number of nitrogens with zero attached hydrogens (tertiary/aromatic N) is 1. The smallest absolute Gasteiger partial charge is 0.245 e. The van der Waals surface area contributed by atoms with Gasteiger partial charge in [0.25, 0.3) is 0 Å². The van der Waals surface area contributed by atoms with Gasteiger partial charge < -0.3 is 14.4 Å². The van der Waals surface area contributed by atoms with Crippen molar-refractivity contribution in [1.82, 2.24) is 4.90 Å². The lowest BCUT2D eigenvalue weighted by molar-refractivity contribution is -0.126. The molecule has 0 heterocycles. The molecule has 0 aromatic heterocycles.